The molecule has 0 aliphatic rings. The van der Waals surface area contributed by atoms with E-state index < -0.39 is 17.3 Å². The summed E-state index contributed by atoms with van der Waals surface area (Å²) < 4.78 is 39.6. The minimum Gasteiger partial charge on any atom is -0.383 e. The fraction of sp³-hybridized carbons (Fsp3) is 0.294. The van der Waals surface area contributed by atoms with Gasteiger partial charge in [-0.25, -0.2) is 4.98 Å². The molecule has 0 atom stereocenters. The van der Waals surface area contributed by atoms with Crippen LogP contribution in [-0.4, -0.2) is 40.1 Å². The first-order valence-corrected chi connectivity index (χ1v) is 8.32. The Hall–Kier alpha value is -3.06. The Balaban J connectivity index is 2.19. The van der Waals surface area contributed by atoms with Crippen LogP contribution in [0.15, 0.2) is 29.6 Å². The second-order valence-corrected chi connectivity index (χ2v) is 6.28. The Labute approximate surface area is 163 Å². The van der Waals surface area contributed by atoms with Crippen LogP contribution in [0.4, 0.5) is 19.0 Å². The van der Waals surface area contributed by atoms with Crippen LogP contribution in [-0.2, 0) is 12.7 Å². The molecule has 0 amide bonds. The van der Waals surface area contributed by atoms with Gasteiger partial charge in [0.1, 0.15) is 17.5 Å². The number of pyridine rings is 1. The van der Waals surface area contributed by atoms with Crippen molar-refractivity contribution in [2.75, 3.05) is 26.0 Å². The molecular formula is C17H16ClF3N6O. The number of nitriles is 1. The lowest BCUT2D eigenvalue weighted by Crippen LogP contribution is -2.21. The van der Waals surface area contributed by atoms with Crippen molar-refractivity contribution in [3.05, 3.63) is 57.0 Å². The van der Waals surface area contributed by atoms with Crippen molar-refractivity contribution in [1.82, 2.24) is 19.4 Å². The van der Waals surface area contributed by atoms with Crippen molar-refractivity contribution in [1.29, 1.82) is 5.26 Å². The number of hydrogen-bond acceptors (Lipinski definition) is 6. The van der Waals surface area contributed by atoms with Crippen LogP contribution in [0.3, 0.4) is 0 Å². The largest absolute Gasteiger partial charge is 0.417 e. The first-order valence-electron chi connectivity index (χ1n) is 7.94. The fourth-order valence-electron chi connectivity index (χ4n) is 2.20. The van der Waals surface area contributed by atoms with E-state index in [1.165, 1.54) is 6.33 Å². The average Bonchev–Trinajstić information content (AvgIpc) is 2.61. The summed E-state index contributed by atoms with van der Waals surface area (Å²) in [5.41, 5.74) is -1.32. The third-order valence-electron chi connectivity index (χ3n) is 3.55. The number of halogens is 4. The highest BCUT2D eigenvalue weighted by molar-refractivity contribution is 6.32. The molecule has 0 bridgehead atoms. The monoisotopic (exact) mass is 412 g/mol. The van der Waals surface area contributed by atoms with Gasteiger partial charge in [-0.1, -0.05) is 11.6 Å². The van der Waals surface area contributed by atoms with Crippen molar-refractivity contribution in [2.45, 2.75) is 12.7 Å². The van der Waals surface area contributed by atoms with E-state index in [4.69, 9.17) is 11.6 Å². The first-order chi connectivity index (χ1) is 13.1. The minimum absolute atomic E-state index is 0.0922. The summed E-state index contributed by atoms with van der Waals surface area (Å²) in [7, 11) is 3.57. The Kier molecular flexibility index (Phi) is 6.64. The third-order valence-corrected chi connectivity index (χ3v) is 3.84. The van der Waals surface area contributed by atoms with Crippen LogP contribution in [0.2, 0.25) is 5.02 Å². The predicted molar refractivity (Wildman–Crippen MR) is 98.7 cm³/mol. The Morgan fingerprint density at radius 3 is 2.68 bits per heavy atom. The fourth-order valence-corrected chi connectivity index (χ4v) is 2.44. The summed E-state index contributed by atoms with van der Waals surface area (Å²) in [4.78, 5) is 20.9. The maximum atomic E-state index is 12.7. The van der Waals surface area contributed by atoms with Gasteiger partial charge in [-0.3, -0.25) is 4.79 Å². The van der Waals surface area contributed by atoms with Crippen LogP contribution in [0, 0.1) is 11.3 Å². The van der Waals surface area contributed by atoms with Gasteiger partial charge < -0.3 is 14.8 Å². The van der Waals surface area contributed by atoms with E-state index in [2.05, 4.69) is 15.3 Å². The van der Waals surface area contributed by atoms with E-state index in [0.29, 0.717) is 11.9 Å². The van der Waals surface area contributed by atoms with Crippen LogP contribution in [0.25, 0.3) is 6.08 Å². The van der Waals surface area contributed by atoms with Crippen LogP contribution in [0.5, 0.6) is 0 Å². The van der Waals surface area contributed by atoms with Gasteiger partial charge in [-0.15, -0.1) is 0 Å². The average molecular weight is 413 g/mol. The summed E-state index contributed by atoms with van der Waals surface area (Å²) >= 11 is 5.86. The van der Waals surface area contributed by atoms with E-state index in [0.717, 1.165) is 6.07 Å². The van der Waals surface area contributed by atoms with Gasteiger partial charge in [-0.2, -0.15) is 23.4 Å². The smallest absolute Gasteiger partial charge is 0.383 e. The van der Waals surface area contributed by atoms with Gasteiger partial charge in [0, 0.05) is 39.6 Å². The quantitative estimate of drug-likeness (QED) is 0.785. The lowest BCUT2D eigenvalue weighted by Gasteiger charge is -2.14. The Morgan fingerprint density at radius 2 is 2.11 bits per heavy atom. The normalized spacial score (nSPS) is 11.5. The maximum Gasteiger partial charge on any atom is 0.417 e. The van der Waals surface area contributed by atoms with Crippen LogP contribution >= 0.6 is 11.6 Å². The molecule has 148 valence electrons. The lowest BCUT2D eigenvalue weighted by molar-refractivity contribution is -0.137. The maximum absolute atomic E-state index is 12.7. The molecule has 7 nitrogen and oxygen atoms in total. The summed E-state index contributed by atoms with van der Waals surface area (Å²) in [5.74, 6) is 0.0922. The predicted octanol–water partition coefficient (Wildman–Crippen LogP) is 2.83. The number of anilines is 1. The number of nitrogens with zero attached hydrogens (tertiary/aromatic N) is 5. The topological polar surface area (TPSA) is 86.8 Å². The molecule has 2 aromatic heterocycles. The van der Waals surface area contributed by atoms with Crippen molar-refractivity contribution >= 4 is 23.5 Å². The third kappa shape index (κ3) is 5.23. The Morgan fingerprint density at radius 1 is 1.39 bits per heavy atom. The first kappa shape index (κ1) is 21.2. The molecule has 0 aromatic carbocycles. The molecule has 0 saturated carbocycles. The van der Waals surface area contributed by atoms with Crippen molar-refractivity contribution in [3.63, 3.8) is 0 Å². The van der Waals surface area contributed by atoms with Gasteiger partial charge in [0.15, 0.2) is 0 Å². The second kappa shape index (κ2) is 8.75. The van der Waals surface area contributed by atoms with Crippen LogP contribution in [0.1, 0.15) is 16.8 Å². The van der Waals surface area contributed by atoms with E-state index in [-0.39, 0.29) is 29.5 Å². The standard InChI is InChI=1S/C17H16ClF3N6O/c1-26(2)5-3-14-12(8-22)16(28)25-10-27(14)6-4-23-15-13(18)7-11(9-24-15)17(19,20)21/h3,5,7,9-10H,4,6H2,1-2H3,(H,23,24)/b5-3+. The number of hydrogen-bond donors (Lipinski definition) is 1. The Bertz CT molecular complexity index is 978. The lowest BCUT2D eigenvalue weighted by atomic mass is 10.2. The molecule has 0 saturated heterocycles. The zero-order valence-corrected chi connectivity index (χ0v) is 15.7. The molecule has 2 rings (SSSR count). The van der Waals surface area contributed by atoms with E-state index in [1.807, 2.05) is 6.07 Å². The molecular weight excluding hydrogens is 397 g/mol. The van der Waals surface area contributed by atoms with Gasteiger partial charge in [0.25, 0.3) is 5.56 Å². The number of aromatic nitrogens is 3. The highest BCUT2D eigenvalue weighted by Crippen LogP contribution is 2.32. The van der Waals surface area contributed by atoms with E-state index >= 15 is 0 Å². The highest BCUT2D eigenvalue weighted by Gasteiger charge is 2.31. The summed E-state index contributed by atoms with van der Waals surface area (Å²) in [6, 6.07) is 2.63. The molecule has 2 heterocycles. The van der Waals surface area contributed by atoms with Gasteiger partial charge in [0.2, 0.25) is 0 Å². The molecule has 28 heavy (non-hydrogen) atoms. The van der Waals surface area contributed by atoms with Gasteiger partial charge in [0.05, 0.1) is 22.6 Å². The zero-order chi connectivity index (χ0) is 20.9. The molecule has 0 unspecified atom stereocenters. The number of alkyl halides is 3. The molecule has 2 aromatic rings. The zero-order valence-electron chi connectivity index (χ0n) is 15.0. The van der Waals surface area contributed by atoms with Gasteiger partial charge >= 0.3 is 6.18 Å². The molecule has 0 fully saturated rings. The molecule has 0 aliphatic carbocycles. The van der Waals surface area contributed by atoms with Crippen molar-refractivity contribution in [3.8, 4) is 6.07 Å². The molecule has 1 N–H and O–H groups in total. The van der Waals surface area contributed by atoms with Crippen molar-refractivity contribution < 1.29 is 13.2 Å². The number of rotatable bonds is 6. The molecule has 0 radical (unpaired) electrons. The molecule has 11 heteroatoms. The van der Waals surface area contributed by atoms with Crippen LogP contribution < -0.4 is 10.9 Å². The summed E-state index contributed by atoms with van der Waals surface area (Å²) in [6.07, 6.45) is 0.729. The van der Waals surface area contributed by atoms with Crippen molar-refractivity contribution in [2.24, 2.45) is 0 Å². The van der Waals surface area contributed by atoms with E-state index in [1.54, 1.807) is 35.8 Å². The molecule has 0 spiro atoms. The number of nitrogens with one attached hydrogen (secondary N) is 1. The molecule has 0 aliphatic heterocycles. The SMILES string of the molecule is CN(C)/C=C/c1c(C#N)c(=O)ncn1CCNc1ncc(C(F)(F)F)cc1Cl. The van der Waals surface area contributed by atoms with Gasteiger partial charge in [-0.05, 0) is 12.1 Å². The van der Waals surface area contributed by atoms with E-state index in [9.17, 15) is 23.2 Å². The summed E-state index contributed by atoms with van der Waals surface area (Å²) in [5, 5.41) is 11.9. The highest BCUT2D eigenvalue weighted by atomic mass is 35.5. The second-order valence-electron chi connectivity index (χ2n) is 5.87. The summed E-state index contributed by atoms with van der Waals surface area (Å²) in [6.45, 7) is 0.477. The minimum atomic E-state index is -4.53.